The van der Waals surface area contributed by atoms with Gasteiger partial charge in [0.2, 0.25) is 11.8 Å². The van der Waals surface area contributed by atoms with E-state index in [1.54, 1.807) is 0 Å². The summed E-state index contributed by atoms with van der Waals surface area (Å²) >= 11 is 0. The molecule has 0 spiro atoms. The Morgan fingerprint density at radius 1 is 1.24 bits per heavy atom. The Kier molecular flexibility index (Phi) is 2.09. The summed E-state index contributed by atoms with van der Waals surface area (Å²) in [6.45, 7) is 1.34. The van der Waals surface area contributed by atoms with Crippen molar-refractivity contribution < 1.29 is 19.5 Å². The van der Waals surface area contributed by atoms with E-state index in [0.29, 0.717) is 11.8 Å². The van der Waals surface area contributed by atoms with Crippen LogP contribution in [0.1, 0.15) is 26.2 Å². The van der Waals surface area contributed by atoms with Gasteiger partial charge in [0.25, 0.3) is 0 Å². The zero-order valence-electron chi connectivity index (χ0n) is 9.59. The third kappa shape index (κ3) is 1.22. The summed E-state index contributed by atoms with van der Waals surface area (Å²) in [5.74, 6) is -1.85. The highest BCUT2D eigenvalue weighted by atomic mass is 16.4. The van der Waals surface area contributed by atoms with Gasteiger partial charge in [-0.1, -0.05) is 0 Å². The number of imide groups is 1. The van der Waals surface area contributed by atoms with Gasteiger partial charge in [-0.05, 0) is 38.0 Å². The molecule has 2 aliphatic carbocycles. The van der Waals surface area contributed by atoms with Crippen LogP contribution in [-0.2, 0) is 14.4 Å². The van der Waals surface area contributed by atoms with Crippen LogP contribution in [0, 0.1) is 23.7 Å². The molecule has 0 N–H and O–H groups in total. The van der Waals surface area contributed by atoms with Gasteiger partial charge in [-0.2, -0.15) is 0 Å². The Hall–Kier alpha value is -1.39. The average molecular weight is 236 g/mol. The lowest BCUT2D eigenvalue weighted by molar-refractivity contribution is -0.310. The van der Waals surface area contributed by atoms with E-state index in [4.69, 9.17) is 0 Å². The summed E-state index contributed by atoms with van der Waals surface area (Å²) in [7, 11) is 0. The molecule has 0 aromatic heterocycles. The Balaban J connectivity index is 1.93. The van der Waals surface area contributed by atoms with Crippen LogP contribution in [0.15, 0.2) is 0 Å². The first-order chi connectivity index (χ1) is 8.02. The van der Waals surface area contributed by atoms with Crippen LogP contribution in [0.3, 0.4) is 0 Å². The molecule has 92 valence electrons. The molecular weight excluding hydrogens is 222 g/mol. The lowest BCUT2D eigenvalue weighted by Gasteiger charge is -2.24. The number of aliphatic carboxylic acids is 1. The summed E-state index contributed by atoms with van der Waals surface area (Å²) in [5, 5.41) is 10.8. The molecule has 2 amide bonds. The maximum atomic E-state index is 12.1. The molecule has 3 rings (SSSR count). The fourth-order valence-corrected chi connectivity index (χ4v) is 3.92. The number of likely N-dealkylation sites (tertiary alicyclic amines) is 1. The molecule has 3 fully saturated rings. The molecule has 5 heteroatoms. The molecule has 2 saturated carbocycles. The number of nitrogens with zero attached hydrogens (tertiary/aromatic N) is 1. The van der Waals surface area contributed by atoms with E-state index < -0.39 is 12.0 Å². The molecule has 5 nitrogen and oxygen atoms in total. The van der Waals surface area contributed by atoms with Crippen molar-refractivity contribution >= 4 is 17.8 Å². The second-order valence-electron chi connectivity index (χ2n) is 5.43. The van der Waals surface area contributed by atoms with E-state index in [1.807, 2.05) is 0 Å². The summed E-state index contributed by atoms with van der Waals surface area (Å²) < 4.78 is 0. The summed E-state index contributed by atoms with van der Waals surface area (Å²) in [5.41, 5.74) is 0. The minimum absolute atomic E-state index is 0.247. The molecule has 0 unspecified atom stereocenters. The van der Waals surface area contributed by atoms with Gasteiger partial charge in [0, 0.05) is 0 Å². The predicted molar refractivity (Wildman–Crippen MR) is 54.1 cm³/mol. The normalized spacial score (nSPS) is 40.9. The van der Waals surface area contributed by atoms with Gasteiger partial charge >= 0.3 is 0 Å². The van der Waals surface area contributed by atoms with E-state index >= 15 is 0 Å². The zero-order chi connectivity index (χ0) is 12.3. The average Bonchev–Trinajstić information content (AvgIpc) is 2.92. The topological polar surface area (TPSA) is 77.5 Å². The van der Waals surface area contributed by atoms with Crippen molar-refractivity contribution in [1.82, 2.24) is 4.90 Å². The van der Waals surface area contributed by atoms with Gasteiger partial charge < -0.3 is 9.90 Å². The van der Waals surface area contributed by atoms with Gasteiger partial charge in [0.15, 0.2) is 0 Å². The van der Waals surface area contributed by atoms with Gasteiger partial charge in [0.1, 0.15) is 0 Å². The van der Waals surface area contributed by atoms with Crippen molar-refractivity contribution in [3.8, 4) is 0 Å². The standard InChI is InChI=1S/C12H15NO4/c1-5(12(16)17)13-10(14)8-6-2-3-7(4-6)9(8)11(13)15/h5-9H,2-4H2,1H3,(H,16,17)/p-1/t5-,6+,7+,8+,9+/m1/s1. The van der Waals surface area contributed by atoms with Gasteiger partial charge in [-0.15, -0.1) is 0 Å². The van der Waals surface area contributed by atoms with Gasteiger partial charge in [-0.3, -0.25) is 14.5 Å². The van der Waals surface area contributed by atoms with E-state index in [0.717, 1.165) is 24.2 Å². The molecule has 1 heterocycles. The fraction of sp³-hybridized carbons (Fsp3) is 0.750. The van der Waals surface area contributed by atoms with Crippen molar-refractivity contribution in [3.63, 3.8) is 0 Å². The minimum Gasteiger partial charge on any atom is -0.548 e. The number of carboxylic acid groups (broad SMARTS) is 1. The van der Waals surface area contributed by atoms with Gasteiger partial charge in [-0.25, -0.2) is 0 Å². The highest BCUT2D eigenvalue weighted by Gasteiger charge is 2.61. The third-order valence-electron chi connectivity index (χ3n) is 4.69. The van der Waals surface area contributed by atoms with E-state index in [-0.39, 0.29) is 23.7 Å². The number of hydrogen-bond donors (Lipinski definition) is 0. The Bertz CT molecular complexity index is 391. The first-order valence-corrected chi connectivity index (χ1v) is 6.10. The molecule has 5 atom stereocenters. The van der Waals surface area contributed by atoms with Crippen molar-refractivity contribution in [1.29, 1.82) is 0 Å². The SMILES string of the molecule is C[C@H](C(=O)[O-])N1C(=O)[C@H]2[C@H]3CC[C@@H](C3)[C@@H]2C1=O. The first-order valence-electron chi connectivity index (χ1n) is 6.10. The van der Waals surface area contributed by atoms with Gasteiger partial charge in [0.05, 0.1) is 23.8 Å². The number of carboxylic acids is 1. The number of hydrogen-bond acceptors (Lipinski definition) is 4. The van der Waals surface area contributed by atoms with Crippen LogP contribution in [0.2, 0.25) is 0 Å². The Labute approximate surface area is 98.8 Å². The van der Waals surface area contributed by atoms with Crippen LogP contribution in [0.25, 0.3) is 0 Å². The number of carbonyl (C=O) groups excluding carboxylic acids is 3. The van der Waals surface area contributed by atoms with E-state index in [2.05, 4.69) is 0 Å². The van der Waals surface area contributed by atoms with Crippen molar-refractivity contribution in [2.75, 3.05) is 0 Å². The maximum Gasteiger partial charge on any atom is 0.233 e. The smallest absolute Gasteiger partial charge is 0.233 e. The lowest BCUT2D eigenvalue weighted by atomic mass is 9.81. The summed E-state index contributed by atoms with van der Waals surface area (Å²) in [4.78, 5) is 36.0. The monoisotopic (exact) mass is 236 g/mol. The molecule has 0 aromatic rings. The second-order valence-corrected chi connectivity index (χ2v) is 5.43. The number of rotatable bonds is 2. The fourth-order valence-electron chi connectivity index (χ4n) is 3.92. The number of amides is 2. The number of fused-ring (bicyclic) bond motifs is 5. The van der Waals surface area contributed by atoms with Crippen LogP contribution in [-0.4, -0.2) is 28.7 Å². The molecule has 1 saturated heterocycles. The molecule has 1 aliphatic heterocycles. The Morgan fingerprint density at radius 2 is 1.71 bits per heavy atom. The number of carbonyl (C=O) groups is 3. The lowest BCUT2D eigenvalue weighted by Crippen LogP contribution is -2.49. The van der Waals surface area contributed by atoms with E-state index in [1.165, 1.54) is 6.92 Å². The molecule has 3 aliphatic rings. The van der Waals surface area contributed by atoms with Crippen molar-refractivity contribution in [3.05, 3.63) is 0 Å². The Morgan fingerprint density at radius 3 is 2.12 bits per heavy atom. The largest absolute Gasteiger partial charge is 0.548 e. The molecule has 17 heavy (non-hydrogen) atoms. The van der Waals surface area contributed by atoms with Crippen LogP contribution >= 0.6 is 0 Å². The highest BCUT2D eigenvalue weighted by molar-refractivity contribution is 6.08. The quantitative estimate of drug-likeness (QED) is 0.585. The third-order valence-corrected chi connectivity index (χ3v) is 4.69. The van der Waals surface area contributed by atoms with Crippen molar-refractivity contribution in [2.24, 2.45) is 23.7 Å². The zero-order valence-corrected chi connectivity index (χ0v) is 9.59. The second kappa shape index (κ2) is 3.31. The summed E-state index contributed by atoms with van der Waals surface area (Å²) in [6.07, 6.45) is 2.96. The highest BCUT2D eigenvalue weighted by Crippen LogP contribution is 2.56. The molecular formula is C12H14NO4-. The predicted octanol–water partition coefficient (Wildman–Crippen LogP) is -0.844. The molecule has 2 bridgehead atoms. The van der Waals surface area contributed by atoms with Crippen LogP contribution < -0.4 is 5.11 Å². The molecule has 0 aromatic carbocycles. The first kappa shape index (κ1) is 10.7. The maximum absolute atomic E-state index is 12.1. The molecule has 0 radical (unpaired) electrons. The van der Waals surface area contributed by atoms with Crippen LogP contribution in [0.4, 0.5) is 0 Å². The van der Waals surface area contributed by atoms with E-state index in [9.17, 15) is 19.5 Å². The van der Waals surface area contributed by atoms with Crippen molar-refractivity contribution in [2.45, 2.75) is 32.2 Å². The minimum atomic E-state index is -1.36. The summed E-state index contributed by atoms with van der Waals surface area (Å²) in [6, 6.07) is -1.14. The van der Waals surface area contributed by atoms with Crippen LogP contribution in [0.5, 0.6) is 0 Å².